The minimum atomic E-state index is -0.377. The highest BCUT2D eigenvalue weighted by Crippen LogP contribution is 2.30. The monoisotopic (exact) mass is 438 g/mol. The van der Waals surface area contributed by atoms with Crippen molar-refractivity contribution in [3.05, 3.63) is 88.2 Å². The molecule has 2 aromatic carbocycles. The Hall–Kier alpha value is -4.06. The number of imidazole rings is 1. The van der Waals surface area contributed by atoms with E-state index in [1.54, 1.807) is 12.1 Å². The maximum Gasteiger partial charge on any atom is 0.270 e. The summed E-state index contributed by atoms with van der Waals surface area (Å²) in [4.78, 5) is 18.2. The molecule has 33 heavy (non-hydrogen) atoms. The molecular weight excluding hydrogens is 416 g/mol. The van der Waals surface area contributed by atoms with Crippen LogP contribution in [0.4, 0.5) is 5.69 Å². The van der Waals surface area contributed by atoms with E-state index < -0.39 is 0 Å². The summed E-state index contributed by atoms with van der Waals surface area (Å²) >= 11 is 0. The van der Waals surface area contributed by atoms with Crippen LogP contribution in [0.3, 0.4) is 0 Å². The van der Waals surface area contributed by atoms with E-state index in [-0.39, 0.29) is 10.6 Å². The van der Waals surface area contributed by atoms with E-state index >= 15 is 0 Å². The number of aromatic nitrogens is 2. The molecule has 0 aliphatic carbocycles. The van der Waals surface area contributed by atoms with Crippen LogP contribution in [0.15, 0.2) is 66.9 Å². The van der Waals surface area contributed by atoms with Crippen molar-refractivity contribution in [2.75, 3.05) is 26.2 Å². The largest absolute Gasteiger partial charge is 0.314 e. The molecule has 1 fully saturated rings. The Morgan fingerprint density at radius 1 is 1.03 bits per heavy atom. The Morgan fingerprint density at radius 3 is 2.52 bits per heavy atom. The highest BCUT2D eigenvalue weighted by Gasteiger charge is 2.20. The topological polar surface area (TPSA) is 99.5 Å². The molecule has 3 heterocycles. The van der Waals surface area contributed by atoms with Crippen molar-refractivity contribution >= 4 is 11.3 Å². The number of nitro benzene ring substituents is 1. The van der Waals surface area contributed by atoms with Crippen LogP contribution >= 0.6 is 0 Å². The molecule has 8 nitrogen and oxygen atoms in total. The molecule has 5 rings (SSSR count). The molecule has 1 saturated heterocycles. The van der Waals surface area contributed by atoms with Crippen LogP contribution in [0.5, 0.6) is 0 Å². The zero-order chi connectivity index (χ0) is 22.8. The van der Waals surface area contributed by atoms with E-state index in [2.05, 4.69) is 26.9 Å². The quantitative estimate of drug-likeness (QED) is 0.375. The molecule has 1 aliphatic heterocycles. The third-order valence-corrected chi connectivity index (χ3v) is 5.98. The molecule has 1 N–H and O–H groups in total. The van der Waals surface area contributed by atoms with Gasteiger partial charge in [0, 0.05) is 56.6 Å². The molecule has 2 aromatic heterocycles. The van der Waals surface area contributed by atoms with Crippen molar-refractivity contribution < 1.29 is 4.92 Å². The first kappa shape index (κ1) is 20.8. The molecule has 4 aromatic rings. The van der Waals surface area contributed by atoms with Gasteiger partial charge in [-0.15, -0.1) is 0 Å². The van der Waals surface area contributed by atoms with Gasteiger partial charge in [0.25, 0.3) is 5.69 Å². The van der Waals surface area contributed by atoms with Crippen molar-refractivity contribution in [3.63, 3.8) is 0 Å². The molecule has 164 valence electrons. The van der Waals surface area contributed by atoms with Gasteiger partial charge in [0.1, 0.15) is 5.65 Å². The van der Waals surface area contributed by atoms with Crippen molar-refractivity contribution in [1.82, 2.24) is 19.6 Å². The van der Waals surface area contributed by atoms with Gasteiger partial charge in [0.15, 0.2) is 0 Å². The fourth-order valence-electron chi connectivity index (χ4n) is 4.23. The molecule has 8 heteroatoms. The average molecular weight is 438 g/mol. The third kappa shape index (κ3) is 4.20. The van der Waals surface area contributed by atoms with Gasteiger partial charge in [-0.05, 0) is 35.4 Å². The van der Waals surface area contributed by atoms with Crippen LogP contribution in [0.25, 0.3) is 28.0 Å². The van der Waals surface area contributed by atoms with Gasteiger partial charge in [-0.3, -0.25) is 15.0 Å². The van der Waals surface area contributed by atoms with Crippen LogP contribution in [0, 0.1) is 21.4 Å². The molecule has 0 amide bonds. The number of rotatable bonds is 5. The van der Waals surface area contributed by atoms with Crippen LogP contribution in [0.1, 0.15) is 11.3 Å². The first-order valence-corrected chi connectivity index (χ1v) is 10.8. The maximum atomic E-state index is 11.4. The second-order valence-electron chi connectivity index (χ2n) is 8.08. The Kier molecular flexibility index (Phi) is 5.57. The Labute approximate surface area is 190 Å². The number of non-ortho nitro benzene ring substituents is 1. The standard InChI is InChI=1S/C25H22N6O2/c26-15-18-4-6-19(7-5-18)21-8-9-24-28-25(20-2-1-3-22(14-20)31(32)33)23(30(24)16-21)17-29-12-10-27-11-13-29/h1-9,14,16,27H,10-13,17H2. The van der Waals surface area contributed by atoms with E-state index in [0.717, 1.165) is 59.9 Å². The summed E-state index contributed by atoms with van der Waals surface area (Å²) in [6.45, 7) is 4.41. The van der Waals surface area contributed by atoms with Gasteiger partial charge in [0.2, 0.25) is 0 Å². The van der Waals surface area contributed by atoms with Crippen LogP contribution < -0.4 is 5.32 Å². The minimum absolute atomic E-state index is 0.0518. The van der Waals surface area contributed by atoms with Gasteiger partial charge >= 0.3 is 0 Å². The lowest BCUT2D eigenvalue weighted by Gasteiger charge is -2.27. The number of hydrogen-bond donors (Lipinski definition) is 1. The first-order valence-electron chi connectivity index (χ1n) is 10.8. The number of nitro groups is 1. The highest BCUT2D eigenvalue weighted by molar-refractivity contribution is 5.71. The molecule has 0 spiro atoms. The number of pyridine rings is 1. The number of nitrogens with one attached hydrogen (secondary N) is 1. The van der Waals surface area contributed by atoms with Crippen molar-refractivity contribution in [3.8, 4) is 28.5 Å². The normalized spacial score (nSPS) is 14.3. The third-order valence-electron chi connectivity index (χ3n) is 5.98. The maximum absolute atomic E-state index is 11.4. The second kappa shape index (κ2) is 8.82. The molecular formula is C25H22N6O2. The predicted molar refractivity (Wildman–Crippen MR) is 126 cm³/mol. The summed E-state index contributed by atoms with van der Waals surface area (Å²) in [5, 5.41) is 23.8. The smallest absolute Gasteiger partial charge is 0.270 e. The number of hydrogen-bond acceptors (Lipinski definition) is 6. The SMILES string of the molecule is N#Cc1ccc(-c2ccc3nc(-c4cccc([N+](=O)[O-])c4)c(CN4CCNCC4)n3c2)cc1. The zero-order valence-electron chi connectivity index (χ0n) is 17.9. The van der Waals surface area contributed by atoms with Crippen LogP contribution in [-0.4, -0.2) is 45.4 Å². The predicted octanol–water partition coefficient (Wildman–Crippen LogP) is 3.85. The first-order chi connectivity index (χ1) is 16.1. The van der Waals surface area contributed by atoms with Gasteiger partial charge in [-0.2, -0.15) is 5.26 Å². The lowest BCUT2D eigenvalue weighted by molar-refractivity contribution is -0.384. The van der Waals surface area contributed by atoms with E-state index in [1.807, 2.05) is 42.5 Å². The summed E-state index contributed by atoms with van der Waals surface area (Å²) in [5.41, 5.74) is 5.98. The summed E-state index contributed by atoms with van der Waals surface area (Å²) in [7, 11) is 0. The lowest BCUT2D eigenvalue weighted by Crippen LogP contribution is -2.43. The van der Waals surface area contributed by atoms with Crippen molar-refractivity contribution in [1.29, 1.82) is 5.26 Å². The van der Waals surface area contributed by atoms with Gasteiger partial charge in [-0.25, -0.2) is 4.98 Å². The van der Waals surface area contributed by atoms with E-state index in [9.17, 15) is 10.1 Å². The fraction of sp³-hybridized carbons (Fsp3) is 0.200. The van der Waals surface area contributed by atoms with Crippen LogP contribution in [0.2, 0.25) is 0 Å². The number of fused-ring (bicyclic) bond motifs is 1. The number of nitriles is 1. The summed E-state index contributed by atoms with van der Waals surface area (Å²) < 4.78 is 2.09. The van der Waals surface area contributed by atoms with Crippen molar-refractivity contribution in [2.24, 2.45) is 0 Å². The molecule has 0 saturated carbocycles. The van der Waals surface area contributed by atoms with Gasteiger partial charge < -0.3 is 9.72 Å². The average Bonchev–Trinajstić information content (AvgIpc) is 3.22. The summed E-state index contributed by atoms with van der Waals surface area (Å²) in [5.74, 6) is 0. The number of piperazine rings is 1. The Bertz CT molecular complexity index is 1360. The molecule has 0 radical (unpaired) electrons. The molecule has 0 unspecified atom stereocenters. The van der Waals surface area contributed by atoms with Crippen LogP contribution in [-0.2, 0) is 6.54 Å². The van der Waals surface area contributed by atoms with E-state index in [1.165, 1.54) is 6.07 Å². The molecule has 0 atom stereocenters. The number of nitrogens with zero attached hydrogens (tertiary/aromatic N) is 5. The number of benzene rings is 2. The van der Waals surface area contributed by atoms with Gasteiger partial charge in [-0.1, -0.05) is 24.3 Å². The fourth-order valence-corrected chi connectivity index (χ4v) is 4.23. The highest BCUT2D eigenvalue weighted by atomic mass is 16.6. The molecule has 0 bridgehead atoms. The molecule has 1 aliphatic rings. The van der Waals surface area contributed by atoms with E-state index in [0.29, 0.717) is 12.1 Å². The van der Waals surface area contributed by atoms with E-state index in [4.69, 9.17) is 10.2 Å². The van der Waals surface area contributed by atoms with Crippen molar-refractivity contribution in [2.45, 2.75) is 6.54 Å². The Balaban J connectivity index is 1.64. The van der Waals surface area contributed by atoms with Gasteiger partial charge in [0.05, 0.1) is 27.9 Å². The summed E-state index contributed by atoms with van der Waals surface area (Å²) in [6.07, 6.45) is 2.06. The Morgan fingerprint density at radius 2 is 1.79 bits per heavy atom. The second-order valence-corrected chi connectivity index (χ2v) is 8.08. The lowest BCUT2D eigenvalue weighted by atomic mass is 10.1. The summed E-state index contributed by atoms with van der Waals surface area (Å²) in [6, 6.07) is 20.3. The minimum Gasteiger partial charge on any atom is -0.314 e. The zero-order valence-corrected chi connectivity index (χ0v) is 17.9.